The van der Waals surface area contributed by atoms with Crippen molar-refractivity contribution < 1.29 is 9.18 Å². The monoisotopic (exact) mass is 249 g/mol. The molecule has 1 aliphatic heterocycles. The largest absolute Gasteiger partial charge is 0.371 e. The summed E-state index contributed by atoms with van der Waals surface area (Å²) < 4.78 is 13.8. The number of anilines is 1. The zero-order valence-electron chi connectivity index (χ0n) is 11.1. The minimum Gasteiger partial charge on any atom is -0.371 e. The molecule has 1 heterocycles. The molecule has 0 aliphatic carbocycles. The lowest BCUT2D eigenvalue weighted by Gasteiger charge is -2.35. The predicted molar refractivity (Wildman–Crippen MR) is 71.6 cm³/mol. The van der Waals surface area contributed by atoms with Crippen molar-refractivity contribution in [2.75, 3.05) is 18.0 Å². The van der Waals surface area contributed by atoms with Gasteiger partial charge in [-0.2, -0.15) is 0 Å². The Bertz CT molecular complexity index is 444. The molecule has 1 atom stereocenters. The highest BCUT2D eigenvalue weighted by Crippen LogP contribution is 2.29. The summed E-state index contributed by atoms with van der Waals surface area (Å²) in [5.41, 5.74) is 1.01. The minimum atomic E-state index is -0.404. The number of halogens is 1. The van der Waals surface area contributed by atoms with E-state index in [1.165, 1.54) is 19.4 Å². The van der Waals surface area contributed by atoms with E-state index in [2.05, 4.69) is 11.8 Å². The topological polar surface area (TPSA) is 20.3 Å². The number of ketones is 1. The number of benzene rings is 1. The fourth-order valence-electron chi connectivity index (χ4n) is 2.74. The maximum absolute atomic E-state index is 13.8. The first-order valence-corrected chi connectivity index (χ1v) is 6.68. The molecule has 0 bridgehead atoms. The number of Topliss-reactive ketones (excluding diaryl/α,β-unsaturated/α-hetero) is 1. The van der Waals surface area contributed by atoms with Crippen LogP contribution in [-0.4, -0.2) is 18.9 Å². The summed E-state index contributed by atoms with van der Waals surface area (Å²) in [6, 6.07) is 4.91. The summed E-state index contributed by atoms with van der Waals surface area (Å²) in [7, 11) is 0. The number of hydrogen-bond donors (Lipinski definition) is 0. The number of carbonyl (C=O) groups is 1. The van der Waals surface area contributed by atoms with Gasteiger partial charge in [-0.1, -0.05) is 19.4 Å². The van der Waals surface area contributed by atoms with Gasteiger partial charge in [0.25, 0.3) is 0 Å². The van der Waals surface area contributed by atoms with Gasteiger partial charge in [0, 0.05) is 13.1 Å². The van der Waals surface area contributed by atoms with E-state index in [0.29, 0.717) is 5.92 Å². The van der Waals surface area contributed by atoms with Gasteiger partial charge in [0.15, 0.2) is 5.78 Å². The molecule has 1 aromatic carbocycles. The SMILES string of the molecule is CCC1CCCN(c2cccc(F)c2C(C)=O)C1. The van der Waals surface area contributed by atoms with Crippen LogP contribution < -0.4 is 4.90 Å². The van der Waals surface area contributed by atoms with Crippen LogP contribution in [0.3, 0.4) is 0 Å². The molecule has 98 valence electrons. The molecule has 1 aromatic rings. The standard InChI is InChI=1S/C15H20FNO/c1-3-12-6-5-9-17(10-12)14-8-4-7-13(16)15(14)11(2)18/h4,7-8,12H,3,5-6,9-10H2,1-2H3. The Balaban J connectivity index is 2.32. The highest BCUT2D eigenvalue weighted by Gasteiger charge is 2.23. The summed E-state index contributed by atoms with van der Waals surface area (Å²) >= 11 is 0. The molecular weight excluding hydrogens is 229 g/mol. The van der Waals surface area contributed by atoms with Crippen molar-refractivity contribution >= 4 is 11.5 Å². The van der Waals surface area contributed by atoms with Crippen LogP contribution in [0.25, 0.3) is 0 Å². The first-order valence-electron chi connectivity index (χ1n) is 6.68. The van der Waals surface area contributed by atoms with Crippen molar-refractivity contribution in [2.45, 2.75) is 33.1 Å². The van der Waals surface area contributed by atoms with Crippen LogP contribution in [-0.2, 0) is 0 Å². The summed E-state index contributed by atoms with van der Waals surface area (Å²) in [4.78, 5) is 13.8. The Morgan fingerprint density at radius 1 is 1.50 bits per heavy atom. The molecule has 3 heteroatoms. The minimum absolute atomic E-state index is 0.193. The fourth-order valence-corrected chi connectivity index (χ4v) is 2.74. The second-order valence-corrected chi connectivity index (χ2v) is 5.05. The van der Waals surface area contributed by atoms with Gasteiger partial charge >= 0.3 is 0 Å². The van der Waals surface area contributed by atoms with Crippen molar-refractivity contribution in [3.8, 4) is 0 Å². The van der Waals surface area contributed by atoms with Crippen LogP contribution in [0.1, 0.15) is 43.5 Å². The first kappa shape index (κ1) is 13.1. The maximum Gasteiger partial charge on any atom is 0.164 e. The quantitative estimate of drug-likeness (QED) is 0.762. The molecule has 2 nitrogen and oxygen atoms in total. The van der Waals surface area contributed by atoms with Crippen LogP contribution in [0.15, 0.2) is 18.2 Å². The van der Waals surface area contributed by atoms with Crippen LogP contribution >= 0.6 is 0 Å². The summed E-state index contributed by atoms with van der Waals surface area (Å²) in [5.74, 6) is 0.0576. The Kier molecular flexibility index (Phi) is 4.00. The summed E-state index contributed by atoms with van der Waals surface area (Å²) in [6.07, 6.45) is 3.49. The van der Waals surface area contributed by atoms with Crippen LogP contribution in [0.2, 0.25) is 0 Å². The van der Waals surface area contributed by atoms with Gasteiger partial charge in [-0.25, -0.2) is 4.39 Å². The summed E-state index contributed by atoms with van der Waals surface area (Å²) in [6.45, 7) is 5.47. The van der Waals surface area contributed by atoms with Gasteiger partial charge < -0.3 is 4.90 Å². The van der Waals surface area contributed by atoms with E-state index in [0.717, 1.165) is 31.6 Å². The Morgan fingerprint density at radius 2 is 2.28 bits per heavy atom. The molecule has 0 N–H and O–H groups in total. The van der Waals surface area contributed by atoms with E-state index in [1.54, 1.807) is 6.07 Å². The van der Waals surface area contributed by atoms with Crippen molar-refractivity contribution in [1.82, 2.24) is 0 Å². The van der Waals surface area contributed by atoms with Gasteiger partial charge in [-0.05, 0) is 37.8 Å². The highest BCUT2D eigenvalue weighted by molar-refractivity contribution is 6.00. The number of piperidine rings is 1. The lowest BCUT2D eigenvalue weighted by atomic mass is 9.94. The van der Waals surface area contributed by atoms with Crippen LogP contribution in [0.4, 0.5) is 10.1 Å². The third-order valence-electron chi connectivity index (χ3n) is 3.78. The average molecular weight is 249 g/mol. The van der Waals surface area contributed by atoms with E-state index >= 15 is 0 Å². The second kappa shape index (κ2) is 5.51. The Labute approximate surface area is 108 Å². The Morgan fingerprint density at radius 3 is 2.94 bits per heavy atom. The van der Waals surface area contributed by atoms with E-state index in [-0.39, 0.29) is 11.3 Å². The number of hydrogen-bond acceptors (Lipinski definition) is 2. The van der Waals surface area contributed by atoms with Crippen molar-refractivity contribution in [1.29, 1.82) is 0 Å². The molecule has 18 heavy (non-hydrogen) atoms. The summed E-state index contributed by atoms with van der Waals surface area (Å²) in [5, 5.41) is 0. The van der Waals surface area contributed by atoms with Gasteiger partial charge in [0.1, 0.15) is 5.82 Å². The predicted octanol–water partition coefficient (Wildman–Crippen LogP) is 3.65. The molecule has 1 unspecified atom stereocenters. The van der Waals surface area contributed by atoms with Gasteiger partial charge in [0.05, 0.1) is 11.3 Å². The number of rotatable bonds is 3. The smallest absolute Gasteiger partial charge is 0.164 e. The zero-order chi connectivity index (χ0) is 13.1. The number of nitrogens with zero attached hydrogens (tertiary/aromatic N) is 1. The van der Waals surface area contributed by atoms with E-state index in [9.17, 15) is 9.18 Å². The van der Waals surface area contributed by atoms with Gasteiger partial charge in [0.2, 0.25) is 0 Å². The molecular formula is C15H20FNO. The zero-order valence-corrected chi connectivity index (χ0v) is 11.1. The molecule has 0 amide bonds. The van der Waals surface area contributed by atoms with E-state index in [4.69, 9.17) is 0 Å². The first-order chi connectivity index (χ1) is 8.63. The number of carbonyl (C=O) groups excluding carboxylic acids is 1. The molecule has 0 radical (unpaired) electrons. The van der Waals surface area contributed by atoms with Crippen molar-refractivity contribution in [3.63, 3.8) is 0 Å². The van der Waals surface area contributed by atoms with E-state index in [1.807, 2.05) is 6.07 Å². The van der Waals surface area contributed by atoms with Crippen molar-refractivity contribution in [2.24, 2.45) is 5.92 Å². The third-order valence-corrected chi connectivity index (χ3v) is 3.78. The lowest BCUT2D eigenvalue weighted by molar-refractivity contribution is 0.101. The van der Waals surface area contributed by atoms with Crippen molar-refractivity contribution in [3.05, 3.63) is 29.6 Å². The highest BCUT2D eigenvalue weighted by atomic mass is 19.1. The van der Waals surface area contributed by atoms with Gasteiger partial charge in [-0.3, -0.25) is 4.79 Å². The average Bonchev–Trinajstić information content (AvgIpc) is 2.38. The van der Waals surface area contributed by atoms with Gasteiger partial charge in [-0.15, -0.1) is 0 Å². The molecule has 1 fully saturated rings. The fraction of sp³-hybridized carbons (Fsp3) is 0.533. The van der Waals surface area contributed by atoms with Crippen LogP contribution in [0.5, 0.6) is 0 Å². The Hall–Kier alpha value is -1.38. The normalized spacial score (nSPS) is 19.9. The molecule has 1 aliphatic rings. The molecule has 2 rings (SSSR count). The second-order valence-electron chi connectivity index (χ2n) is 5.05. The molecule has 0 aromatic heterocycles. The molecule has 0 saturated carbocycles. The van der Waals surface area contributed by atoms with Crippen LogP contribution in [0, 0.1) is 11.7 Å². The maximum atomic E-state index is 13.8. The molecule has 1 saturated heterocycles. The van der Waals surface area contributed by atoms with E-state index < -0.39 is 5.82 Å². The lowest BCUT2D eigenvalue weighted by Crippen LogP contribution is -2.36. The molecule has 0 spiro atoms. The third kappa shape index (κ3) is 2.55.